The number of carbonyl (C=O) groups excluding carboxylic acids is 1. The highest BCUT2D eigenvalue weighted by atomic mass is 32.1. The Morgan fingerprint density at radius 2 is 1.96 bits per heavy atom. The fraction of sp³-hybridized carbons (Fsp3) is 0.625. The molecule has 3 heteroatoms. The van der Waals surface area contributed by atoms with E-state index < -0.39 is 0 Å². The molecule has 3 saturated carbocycles. The maximum atomic E-state index is 13.4. The Morgan fingerprint density at radius 1 is 1.15 bits per heavy atom. The summed E-state index contributed by atoms with van der Waals surface area (Å²) in [6, 6.07) is 4.18. The van der Waals surface area contributed by atoms with Gasteiger partial charge in [0.25, 0.3) is 0 Å². The van der Waals surface area contributed by atoms with E-state index in [1.54, 1.807) is 11.3 Å². The lowest BCUT2D eigenvalue weighted by molar-refractivity contribution is -0.130. The summed E-state index contributed by atoms with van der Waals surface area (Å²) in [5.41, 5.74) is 2.64. The zero-order valence-electron chi connectivity index (χ0n) is 16.4. The van der Waals surface area contributed by atoms with Crippen molar-refractivity contribution in [2.45, 2.75) is 64.9 Å². The van der Waals surface area contributed by atoms with Gasteiger partial charge in [-0.05, 0) is 91.2 Å². The molecule has 27 heavy (non-hydrogen) atoms. The molecule has 0 amide bonds. The number of aliphatic hydroxyl groups is 1. The number of rotatable bonds is 1. The van der Waals surface area contributed by atoms with E-state index in [4.69, 9.17) is 0 Å². The Hall–Kier alpha value is -1.19. The van der Waals surface area contributed by atoms with Gasteiger partial charge in [-0.15, -0.1) is 11.3 Å². The number of Topliss-reactive ketones (excluding diaryl/α,β-unsaturated/α-hetero) is 1. The molecule has 0 bridgehead atoms. The Labute approximate surface area is 166 Å². The van der Waals surface area contributed by atoms with Crippen LogP contribution in [-0.4, -0.2) is 17.0 Å². The summed E-state index contributed by atoms with van der Waals surface area (Å²) in [5, 5.41) is 12.2. The first-order chi connectivity index (χ1) is 12.9. The lowest BCUT2D eigenvalue weighted by atomic mass is 9.48. The second-order valence-electron chi connectivity index (χ2n) is 9.83. The molecule has 0 aromatic carbocycles. The number of hydrogen-bond donors (Lipinski definition) is 1. The van der Waals surface area contributed by atoms with E-state index in [0.29, 0.717) is 23.5 Å². The van der Waals surface area contributed by atoms with Crippen LogP contribution < -0.4 is 0 Å². The standard InChI is InChI=1S/C24H30O2S/c1-23-9-7-17(25)14-16(23)5-6-19-20(23)8-10-24(2)21(19)13-15(22(24)26)12-18-4-3-11-27-18/h3-5,11-12,17,19-21,25H,6-10,13-14H2,1-2H3/b15-12-/t17?,19-,20+,21+,23+,24+/m1/s1. The number of fused-ring (bicyclic) bond motifs is 5. The third-order valence-corrected chi connectivity index (χ3v) is 9.40. The van der Waals surface area contributed by atoms with Gasteiger partial charge in [0.2, 0.25) is 0 Å². The minimum absolute atomic E-state index is 0.150. The molecule has 6 atom stereocenters. The molecule has 1 N–H and O–H groups in total. The largest absolute Gasteiger partial charge is 0.393 e. The summed E-state index contributed by atoms with van der Waals surface area (Å²) in [6.45, 7) is 4.70. The molecule has 0 radical (unpaired) electrons. The summed E-state index contributed by atoms with van der Waals surface area (Å²) in [5.74, 6) is 2.19. The van der Waals surface area contributed by atoms with Gasteiger partial charge in [0.1, 0.15) is 0 Å². The molecular formula is C24H30O2S. The molecular weight excluding hydrogens is 352 g/mol. The molecule has 2 nitrogen and oxygen atoms in total. The Balaban J connectivity index is 1.49. The van der Waals surface area contributed by atoms with E-state index >= 15 is 0 Å². The second kappa shape index (κ2) is 6.15. The van der Waals surface area contributed by atoms with Crippen LogP contribution >= 0.6 is 11.3 Å². The third kappa shape index (κ3) is 2.57. The first kappa shape index (κ1) is 17.9. The molecule has 1 aromatic heterocycles. The molecule has 1 heterocycles. The van der Waals surface area contributed by atoms with Gasteiger partial charge >= 0.3 is 0 Å². The predicted molar refractivity (Wildman–Crippen MR) is 110 cm³/mol. The molecule has 1 aromatic rings. The fourth-order valence-electron chi connectivity index (χ4n) is 6.99. The highest BCUT2D eigenvalue weighted by Gasteiger charge is 2.59. The summed E-state index contributed by atoms with van der Waals surface area (Å²) in [4.78, 5) is 14.6. The molecule has 0 spiro atoms. The Bertz CT molecular complexity index is 819. The number of allylic oxidation sites excluding steroid dienone is 2. The molecule has 4 aliphatic rings. The molecule has 144 valence electrons. The maximum Gasteiger partial charge on any atom is 0.165 e. The molecule has 5 rings (SSSR count). The molecule has 0 saturated heterocycles. The lowest BCUT2D eigenvalue weighted by Crippen LogP contribution is -2.50. The number of aliphatic hydroxyl groups excluding tert-OH is 1. The monoisotopic (exact) mass is 382 g/mol. The van der Waals surface area contributed by atoms with Gasteiger partial charge in [0, 0.05) is 10.3 Å². The Kier molecular flexibility index (Phi) is 4.07. The number of hydrogen-bond acceptors (Lipinski definition) is 3. The zero-order chi connectivity index (χ0) is 18.8. The first-order valence-corrected chi connectivity index (χ1v) is 11.5. The van der Waals surface area contributed by atoms with Crippen molar-refractivity contribution in [3.63, 3.8) is 0 Å². The van der Waals surface area contributed by atoms with E-state index in [0.717, 1.165) is 44.1 Å². The van der Waals surface area contributed by atoms with E-state index in [1.807, 2.05) is 0 Å². The van der Waals surface area contributed by atoms with Gasteiger partial charge in [-0.3, -0.25) is 4.79 Å². The quantitative estimate of drug-likeness (QED) is 0.504. The second-order valence-corrected chi connectivity index (χ2v) is 10.8. The van der Waals surface area contributed by atoms with Gasteiger partial charge < -0.3 is 5.11 Å². The van der Waals surface area contributed by atoms with Crippen molar-refractivity contribution < 1.29 is 9.90 Å². The van der Waals surface area contributed by atoms with Crippen molar-refractivity contribution in [1.82, 2.24) is 0 Å². The van der Waals surface area contributed by atoms with E-state index in [2.05, 4.69) is 43.5 Å². The van der Waals surface area contributed by atoms with Gasteiger partial charge in [-0.25, -0.2) is 0 Å². The topological polar surface area (TPSA) is 37.3 Å². The predicted octanol–water partition coefficient (Wildman–Crippen LogP) is 5.63. The van der Waals surface area contributed by atoms with Gasteiger partial charge in [0.15, 0.2) is 5.78 Å². The maximum absolute atomic E-state index is 13.4. The van der Waals surface area contributed by atoms with Crippen LogP contribution in [0.4, 0.5) is 0 Å². The molecule has 3 fully saturated rings. The highest BCUT2D eigenvalue weighted by molar-refractivity contribution is 7.10. The van der Waals surface area contributed by atoms with E-state index in [9.17, 15) is 9.90 Å². The zero-order valence-corrected chi connectivity index (χ0v) is 17.2. The van der Waals surface area contributed by atoms with Gasteiger partial charge in [-0.2, -0.15) is 0 Å². The number of carbonyl (C=O) groups is 1. The summed E-state index contributed by atoms with van der Waals surface area (Å²) in [7, 11) is 0. The lowest BCUT2D eigenvalue weighted by Gasteiger charge is -2.56. The minimum Gasteiger partial charge on any atom is -0.393 e. The van der Waals surface area contributed by atoms with Crippen molar-refractivity contribution >= 4 is 23.2 Å². The van der Waals surface area contributed by atoms with Crippen molar-refractivity contribution in [2.75, 3.05) is 0 Å². The van der Waals surface area contributed by atoms with Crippen LogP contribution in [0.25, 0.3) is 6.08 Å². The average molecular weight is 383 g/mol. The summed E-state index contributed by atoms with van der Waals surface area (Å²) in [6.07, 6.45) is 11.6. The highest BCUT2D eigenvalue weighted by Crippen LogP contribution is 2.64. The number of thiophene rings is 1. The van der Waals surface area contributed by atoms with Crippen LogP contribution in [0.5, 0.6) is 0 Å². The minimum atomic E-state index is -0.167. The van der Waals surface area contributed by atoms with Crippen molar-refractivity contribution in [3.05, 3.63) is 39.6 Å². The SMILES string of the molecule is C[C@]12CCC(O)CC1=CC[C@@H]1[C@@H]2CC[C@]2(C)C(=O)/C(=C\c3cccs3)C[C@@H]12. The van der Waals surface area contributed by atoms with Gasteiger partial charge in [-0.1, -0.05) is 31.6 Å². The molecule has 0 aliphatic heterocycles. The van der Waals surface area contributed by atoms with Crippen LogP contribution in [-0.2, 0) is 4.79 Å². The van der Waals surface area contributed by atoms with Crippen molar-refractivity contribution in [1.29, 1.82) is 0 Å². The van der Waals surface area contributed by atoms with Gasteiger partial charge in [0.05, 0.1) is 6.10 Å². The number of ketones is 1. The van der Waals surface area contributed by atoms with Crippen LogP contribution in [0.1, 0.15) is 63.7 Å². The van der Waals surface area contributed by atoms with Crippen LogP contribution in [0.15, 0.2) is 34.7 Å². The van der Waals surface area contributed by atoms with E-state index in [-0.39, 0.29) is 16.9 Å². The third-order valence-electron chi connectivity index (χ3n) is 8.58. The summed E-state index contributed by atoms with van der Waals surface area (Å²) >= 11 is 1.72. The van der Waals surface area contributed by atoms with E-state index in [1.165, 1.54) is 16.9 Å². The first-order valence-electron chi connectivity index (χ1n) is 10.6. The molecule has 4 aliphatic carbocycles. The smallest absolute Gasteiger partial charge is 0.165 e. The van der Waals surface area contributed by atoms with Crippen molar-refractivity contribution in [2.24, 2.45) is 28.6 Å². The van der Waals surface area contributed by atoms with Crippen molar-refractivity contribution in [3.8, 4) is 0 Å². The summed E-state index contributed by atoms with van der Waals surface area (Å²) < 4.78 is 0. The van der Waals surface area contributed by atoms with Crippen LogP contribution in [0.2, 0.25) is 0 Å². The fourth-order valence-corrected chi connectivity index (χ4v) is 7.67. The molecule has 1 unspecified atom stereocenters. The Morgan fingerprint density at radius 3 is 2.74 bits per heavy atom. The average Bonchev–Trinajstić information content (AvgIpc) is 3.24. The normalized spacial score (nSPS) is 45.2. The van der Waals surface area contributed by atoms with Crippen LogP contribution in [0.3, 0.4) is 0 Å². The van der Waals surface area contributed by atoms with Crippen LogP contribution in [0, 0.1) is 28.6 Å².